The highest BCUT2D eigenvalue weighted by Gasteiger charge is 2.20. The second-order valence-electron chi connectivity index (χ2n) is 8.43. The Balaban J connectivity index is 1.54. The van der Waals surface area contributed by atoms with E-state index in [1.54, 1.807) is 30.0 Å². The van der Waals surface area contributed by atoms with Crippen LogP contribution in [0.2, 0.25) is 0 Å². The molecule has 1 aliphatic heterocycles. The molecule has 0 bridgehead atoms. The minimum Gasteiger partial charge on any atom is -0.508 e. The maximum absolute atomic E-state index is 9.67. The molecule has 5 rings (SSSR count). The SMILES string of the molecule is COCc1nc2c(-c3ccc(N4CCN(C)CC4)cc3)cnn2c(N)c1-c1ccc(O)cc1. The van der Waals surface area contributed by atoms with E-state index < -0.39 is 0 Å². The van der Waals surface area contributed by atoms with Crippen LogP contribution < -0.4 is 10.6 Å². The van der Waals surface area contributed by atoms with Crippen molar-refractivity contribution in [1.29, 1.82) is 0 Å². The number of nitrogens with zero attached hydrogens (tertiary/aromatic N) is 5. The molecule has 2 aromatic carbocycles. The zero-order valence-electron chi connectivity index (χ0n) is 18.9. The molecule has 8 nitrogen and oxygen atoms in total. The van der Waals surface area contributed by atoms with Crippen molar-refractivity contribution in [3.63, 3.8) is 0 Å². The van der Waals surface area contributed by atoms with E-state index in [1.807, 2.05) is 12.1 Å². The average molecular weight is 445 g/mol. The molecule has 0 spiro atoms. The molecule has 0 saturated carbocycles. The van der Waals surface area contributed by atoms with Crippen molar-refractivity contribution in [1.82, 2.24) is 19.5 Å². The first-order chi connectivity index (χ1) is 16.0. The highest BCUT2D eigenvalue weighted by atomic mass is 16.5. The summed E-state index contributed by atoms with van der Waals surface area (Å²) in [6.45, 7) is 4.52. The third kappa shape index (κ3) is 3.99. The Morgan fingerprint density at radius 2 is 1.64 bits per heavy atom. The van der Waals surface area contributed by atoms with E-state index in [-0.39, 0.29) is 5.75 Å². The number of fused-ring (bicyclic) bond motifs is 1. The van der Waals surface area contributed by atoms with Gasteiger partial charge < -0.3 is 25.4 Å². The molecule has 1 fully saturated rings. The Morgan fingerprint density at radius 3 is 2.30 bits per heavy atom. The number of aromatic nitrogens is 3. The Hall–Kier alpha value is -3.62. The lowest BCUT2D eigenvalue weighted by Gasteiger charge is -2.34. The van der Waals surface area contributed by atoms with Crippen molar-refractivity contribution in [2.75, 3.05) is 51.0 Å². The molecule has 3 heterocycles. The Morgan fingerprint density at radius 1 is 0.970 bits per heavy atom. The standard InChI is InChI=1S/C25H28N6O2/c1-29-11-13-30(14-12-29)19-7-3-17(4-8-19)21-15-27-31-24(26)23(18-5-9-20(32)10-6-18)22(16-33-2)28-25(21)31/h3-10,15,32H,11-14,16,26H2,1-2H3. The first kappa shape index (κ1) is 21.2. The molecule has 1 saturated heterocycles. The first-order valence-electron chi connectivity index (χ1n) is 11.0. The lowest BCUT2D eigenvalue weighted by Crippen LogP contribution is -2.44. The monoisotopic (exact) mass is 444 g/mol. The molecule has 0 unspecified atom stereocenters. The fourth-order valence-electron chi connectivity index (χ4n) is 4.37. The summed E-state index contributed by atoms with van der Waals surface area (Å²) in [6.07, 6.45) is 1.81. The van der Waals surface area contributed by atoms with Crippen LogP contribution in [0.3, 0.4) is 0 Å². The quantitative estimate of drug-likeness (QED) is 0.488. The number of nitrogen functional groups attached to an aromatic ring is 1. The molecule has 1 aliphatic rings. The van der Waals surface area contributed by atoms with E-state index in [4.69, 9.17) is 15.5 Å². The second kappa shape index (κ2) is 8.73. The number of phenolic OH excluding ortho intramolecular Hbond substituents is 1. The van der Waals surface area contributed by atoms with E-state index >= 15 is 0 Å². The summed E-state index contributed by atoms with van der Waals surface area (Å²) >= 11 is 0. The van der Waals surface area contributed by atoms with Gasteiger partial charge in [-0.1, -0.05) is 24.3 Å². The Bertz CT molecular complexity index is 1260. The summed E-state index contributed by atoms with van der Waals surface area (Å²) in [4.78, 5) is 9.66. The predicted octanol–water partition coefficient (Wildman–Crippen LogP) is 3.25. The lowest BCUT2D eigenvalue weighted by atomic mass is 10.0. The molecule has 33 heavy (non-hydrogen) atoms. The number of phenols is 1. The van der Waals surface area contributed by atoms with Gasteiger partial charge >= 0.3 is 0 Å². The summed E-state index contributed by atoms with van der Waals surface area (Å²) in [7, 11) is 3.80. The van der Waals surface area contributed by atoms with Crippen molar-refractivity contribution in [3.05, 3.63) is 60.4 Å². The van der Waals surface area contributed by atoms with Crippen LogP contribution in [0, 0.1) is 0 Å². The predicted molar refractivity (Wildman–Crippen MR) is 130 cm³/mol. The van der Waals surface area contributed by atoms with E-state index in [0.29, 0.717) is 18.1 Å². The van der Waals surface area contributed by atoms with Gasteiger partial charge in [0.05, 0.1) is 18.5 Å². The Kier molecular flexibility index (Phi) is 5.62. The van der Waals surface area contributed by atoms with Gasteiger partial charge in [0.15, 0.2) is 5.65 Å². The smallest absolute Gasteiger partial charge is 0.165 e. The highest BCUT2D eigenvalue weighted by Crippen LogP contribution is 2.34. The average Bonchev–Trinajstić information content (AvgIpc) is 3.25. The van der Waals surface area contributed by atoms with Gasteiger partial charge in [0.2, 0.25) is 0 Å². The molecular formula is C25H28N6O2. The summed E-state index contributed by atoms with van der Waals surface area (Å²) < 4.78 is 7.10. The third-order valence-corrected chi connectivity index (χ3v) is 6.24. The zero-order valence-corrected chi connectivity index (χ0v) is 18.9. The highest BCUT2D eigenvalue weighted by molar-refractivity contribution is 5.84. The molecule has 2 aromatic heterocycles. The second-order valence-corrected chi connectivity index (χ2v) is 8.43. The fraction of sp³-hybridized carbons (Fsp3) is 0.280. The van der Waals surface area contributed by atoms with Crippen LogP contribution >= 0.6 is 0 Å². The van der Waals surface area contributed by atoms with Crippen LogP contribution in [-0.4, -0.2) is 64.9 Å². The van der Waals surface area contributed by atoms with Crippen LogP contribution in [0.1, 0.15) is 5.69 Å². The lowest BCUT2D eigenvalue weighted by molar-refractivity contribution is 0.182. The zero-order chi connectivity index (χ0) is 22.9. The van der Waals surface area contributed by atoms with E-state index in [9.17, 15) is 5.11 Å². The van der Waals surface area contributed by atoms with Gasteiger partial charge in [0, 0.05) is 50.1 Å². The molecule has 170 valence electrons. The number of likely N-dealkylation sites (N-methyl/N-ethyl adjacent to an activating group) is 1. The van der Waals surface area contributed by atoms with Crippen LogP contribution in [0.15, 0.2) is 54.7 Å². The largest absolute Gasteiger partial charge is 0.508 e. The Labute approximate surface area is 192 Å². The number of piperazine rings is 1. The van der Waals surface area contributed by atoms with E-state index in [2.05, 4.69) is 46.2 Å². The topological polar surface area (TPSA) is 92.2 Å². The van der Waals surface area contributed by atoms with Crippen molar-refractivity contribution >= 4 is 17.2 Å². The number of methoxy groups -OCH3 is 1. The third-order valence-electron chi connectivity index (χ3n) is 6.24. The number of hydrogen-bond acceptors (Lipinski definition) is 7. The summed E-state index contributed by atoms with van der Waals surface area (Å²) in [5.74, 6) is 0.680. The van der Waals surface area contributed by atoms with Gasteiger partial charge in [0.25, 0.3) is 0 Å². The summed E-state index contributed by atoms with van der Waals surface area (Å²) in [5, 5.41) is 14.2. The minimum atomic E-state index is 0.195. The molecule has 4 aromatic rings. The maximum atomic E-state index is 9.67. The fourth-order valence-corrected chi connectivity index (χ4v) is 4.37. The first-order valence-corrected chi connectivity index (χ1v) is 11.0. The van der Waals surface area contributed by atoms with Crippen LogP contribution in [0.25, 0.3) is 27.9 Å². The van der Waals surface area contributed by atoms with E-state index in [0.717, 1.165) is 54.1 Å². The number of rotatable bonds is 5. The van der Waals surface area contributed by atoms with Gasteiger partial charge in [-0.15, -0.1) is 0 Å². The van der Waals surface area contributed by atoms with Gasteiger partial charge in [0.1, 0.15) is 11.6 Å². The van der Waals surface area contributed by atoms with E-state index in [1.165, 1.54) is 5.69 Å². The number of ether oxygens (including phenoxy) is 1. The normalized spacial score (nSPS) is 14.8. The van der Waals surface area contributed by atoms with Gasteiger partial charge in [-0.2, -0.15) is 9.61 Å². The van der Waals surface area contributed by atoms with Crippen LogP contribution in [0.5, 0.6) is 5.75 Å². The number of nitrogens with two attached hydrogens (primary N) is 1. The molecule has 0 amide bonds. The summed E-state index contributed by atoms with van der Waals surface area (Å²) in [5.41, 5.74) is 12.8. The number of benzene rings is 2. The molecule has 0 radical (unpaired) electrons. The number of aromatic hydroxyl groups is 1. The van der Waals surface area contributed by atoms with Crippen molar-refractivity contribution < 1.29 is 9.84 Å². The van der Waals surface area contributed by atoms with Gasteiger partial charge in [-0.25, -0.2) is 4.98 Å². The molecule has 0 aliphatic carbocycles. The minimum absolute atomic E-state index is 0.195. The molecule has 8 heteroatoms. The van der Waals surface area contributed by atoms with Crippen LogP contribution in [0.4, 0.5) is 11.5 Å². The molecule has 3 N–H and O–H groups in total. The maximum Gasteiger partial charge on any atom is 0.165 e. The number of hydrogen-bond donors (Lipinski definition) is 2. The molecular weight excluding hydrogens is 416 g/mol. The summed E-state index contributed by atoms with van der Waals surface area (Å²) in [6, 6.07) is 15.4. The van der Waals surface area contributed by atoms with Crippen LogP contribution in [-0.2, 0) is 11.3 Å². The molecule has 0 atom stereocenters. The van der Waals surface area contributed by atoms with Crippen molar-refractivity contribution in [2.45, 2.75) is 6.61 Å². The van der Waals surface area contributed by atoms with Gasteiger partial charge in [-0.3, -0.25) is 0 Å². The van der Waals surface area contributed by atoms with Crippen molar-refractivity contribution in [2.24, 2.45) is 0 Å². The number of anilines is 2. The van der Waals surface area contributed by atoms with Crippen molar-refractivity contribution in [3.8, 4) is 28.0 Å². The van der Waals surface area contributed by atoms with Gasteiger partial charge in [-0.05, 0) is 42.4 Å².